The largest absolute Gasteiger partial charge is 0.508 e. The van der Waals surface area contributed by atoms with E-state index in [1.165, 1.54) is 36.4 Å². The lowest BCUT2D eigenvalue weighted by Crippen LogP contribution is -1.92. The van der Waals surface area contributed by atoms with Crippen molar-refractivity contribution in [2.45, 2.75) is 96.9 Å². The van der Waals surface area contributed by atoms with Crippen LogP contribution >= 0.6 is 155 Å². The Morgan fingerprint density at radius 1 is 0.441 bits per heavy atom. The van der Waals surface area contributed by atoms with Crippen molar-refractivity contribution in [2.24, 2.45) is 0 Å². The van der Waals surface area contributed by atoms with Gasteiger partial charge in [0.15, 0.2) is 12.3 Å². The van der Waals surface area contributed by atoms with E-state index in [0.29, 0.717) is 36.2 Å². The summed E-state index contributed by atoms with van der Waals surface area (Å²) in [6, 6.07) is 25.4. The fourth-order valence-electron chi connectivity index (χ4n) is 6.54. The first-order valence-corrected chi connectivity index (χ1v) is 34.9. The number of aryl methyl sites for hydroxylation is 10. The number of nitrogens with zero attached hydrogens (tertiary/aromatic N) is 5. The second-order valence-corrected chi connectivity index (χ2v) is 21.3. The number of rotatable bonds is 7. The zero-order chi connectivity index (χ0) is 72.6. The predicted octanol–water partition coefficient (Wildman–Crippen LogP) is 22.4. The minimum absolute atomic E-state index is 0. The number of anilines is 1. The van der Waals surface area contributed by atoms with E-state index in [4.69, 9.17) is 117 Å². The van der Waals surface area contributed by atoms with Gasteiger partial charge in [-0.15, -0.1) is 38.4 Å². The number of nitrogen functional groups attached to an aromatic ring is 1. The highest BCUT2D eigenvalue weighted by Gasteiger charge is 2.16. The summed E-state index contributed by atoms with van der Waals surface area (Å²) in [6.45, 7) is 25.6. The zero-order valence-corrected chi connectivity index (χ0v) is 65.4. The average molecular weight is 1800 g/mol. The Kier molecular flexibility index (Phi) is 54.7. The van der Waals surface area contributed by atoms with Gasteiger partial charge in [-0.2, -0.15) is 0 Å². The summed E-state index contributed by atoms with van der Waals surface area (Å²) in [5, 5.41) is 82.2. The Morgan fingerprint density at radius 3 is 0.935 bits per heavy atom. The van der Waals surface area contributed by atoms with Crippen molar-refractivity contribution in [1.29, 1.82) is 0 Å². The third-order valence-corrected chi connectivity index (χ3v) is 15.6. The second kappa shape index (κ2) is 52.5. The number of ether oxygens (including phenoxy) is 1. The molecule has 7 aromatic rings. The standard InChI is InChI=1S/4C8H8ClNO2.C8H10ClN.C8H9ClO.C8H9Cl.C2H6O.I2.HI.HNO3.H2O5S/c2*1-5-3-7(10(11)12)4-6(2)8(5)9;2*1-5-3-4-7(10(11)12)6(2)8(5)9;2*1-5-3-4-7(10)6(2)8(5)9;1-6-4-3-5-7(2)8(6)9;1-3-2;1-2;;2-1(3)4;1-3-4-5-6-2/h4*3-4H,1-2H3;3-4H,10H2,1-2H3;3-4,10H,1-2H3;3-5H,1-2H3;1-2H3;;1H;(H,2,3,4);1-2H. The molecular formula is C58H70Cl7I3N6O18S. The van der Waals surface area contributed by atoms with Crippen molar-refractivity contribution in [1.82, 2.24) is 0 Å². The van der Waals surface area contributed by atoms with Gasteiger partial charge in [-0.3, -0.25) is 40.5 Å². The van der Waals surface area contributed by atoms with Crippen molar-refractivity contribution in [3.8, 4) is 5.75 Å². The number of hydrogen-bond acceptors (Lipinski definition) is 19. The van der Waals surface area contributed by atoms with Gasteiger partial charge in [0.1, 0.15) is 5.75 Å². The molecular weight excluding hydrogens is 1730 g/mol. The maximum absolute atomic E-state index is 10.4. The van der Waals surface area contributed by atoms with E-state index < -0.39 is 24.8 Å². The highest BCUT2D eigenvalue weighted by molar-refractivity contribution is 15.0. The summed E-state index contributed by atoms with van der Waals surface area (Å²) in [7, 11) is 3.25. The molecule has 0 heterocycles. The van der Waals surface area contributed by atoms with Crippen LogP contribution in [0.3, 0.4) is 0 Å². The van der Waals surface area contributed by atoms with Gasteiger partial charge in [0.05, 0.1) is 34.8 Å². The molecule has 0 unspecified atom stereocenters. The highest BCUT2D eigenvalue weighted by atomic mass is 128. The number of phenols is 1. The van der Waals surface area contributed by atoms with Gasteiger partial charge in [0, 0.05) is 130 Å². The molecule has 0 aliphatic heterocycles. The Balaban J connectivity index is -0.000000312. The summed E-state index contributed by atoms with van der Waals surface area (Å²) in [4.78, 5) is 48.3. The number of benzene rings is 7. The Hall–Kier alpha value is -4.73. The van der Waals surface area contributed by atoms with Gasteiger partial charge in [0.25, 0.3) is 27.8 Å². The molecule has 24 nitrogen and oxygen atoms in total. The number of hydrogen-bond donors (Lipinski definition) is 5. The van der Waals surface area contributed by atoms with Crippen molar-refractivity contribution in [3.05, 3.63) is 255 Å². The van der Waals surface area contributed by atoms with Gasteiger partial charge in [-0.25, -0.2) is 5.26 Å². The van der Waals surface area contributed by atoms with Crippen LogP contribution in [0.1, 0.15) is 77.9 Å². The summed E-state index contributed by atoms with van der Waals surface area (Å²) >= 11 is 45.1. The lowest BCUT2D eigenvalue weighted by atomic mass is 10.1. The first-order chi connectivity index (χ1) is 42.6. The normalized spacial score (nSPS) is 9.28. The van der Waals surface area contributed by atoms with E-state index in [9.17, 15) is 40.5 Å². The quantitative estimate of drug-likeness (QED) is 0.0188. The molecule has 6 N–H and O–H groups in total. The van der Waals surface area contributed by atoms with E-state index in [2.05, 4.69) is 56.4 Å². The van der Waals surface area contributed by atoms with Gasteiger partial charge in [-0.1, -0.05) is 124 Å². The number of nitro benzene ring substituents is 4. The van der Waals surface area contributed by atoms with Crippen molar-refractivity contribution in [2.75, 3.05) is 20.0 Å². The smallest absolute Gasteiger partial charge is 0.291 e. The molecule has 7 rings (SSSR count). The van der Waals surface area contributed by atoms with Crippen LogP contribution in [0.25, 0.3) is 0 Å². The molecule has 0 fully saturated rings. The van der Waals surface area contributed by atoms with E-state index in [1.807, 2.05) is 78.8 Å². The van der Waals surface area contributed by atoms with E-state index in [0.717, 1.165) is 82.5 Å². The first kappa shape index (κ1) is 97.0. The number of non-ortho nitro benzene ring substituents is 2. The highest BCUT2D eigenvalue weighted by Crippen LogP contribution is 2.31. The fourth-order valence-corrected chi connectivity index (χ4v) is 7.58. The van der Waals surface area contributed by atoms with E-state index >= 15 is 0 Å². The molecule has 0 aliphatic carbocycles. The van der Waals surface area contributed by atoms with Gasteiger partial charge < -0.3 is 25.3 Å². The van der Waals surface area contributed by atoms with Crippen LogP contribution in [0.5, 0.6) is 5.75 Å². The van der Waals surface area contributed by atoms with Crippen molar-refractivity contribution >= 4 is 183 Å². The van der Waals surface area contributed by atoms with Crippen molar-refractivity contribution in [3.63, 3.8) is 0 Å². The van der Waals surface area contributed by atoms with Gasteiger partial charge in [0.2, 0.25) is 0 Å². The van der Waals surface area contributed by atoms with Crippen LogP contribution < -0.4 is 5.73 Å². The molecule has 0 radical (unpaired) electrons. The molecule has 0 spiro atoms. The van der Waals surface area contributed by atoms with Crippen LogP contribution in [-0.4, -0.2) is 59.1 Å². The van der Waals surface area contributed by atoms with E-state index in [-0.39, 0.29) is 64.8 Å². The molecule has 0 atom stereocenters. The molecule has 0 bridgehead atoms. The number of halogens is 10. The monoisotopic (exact) mass is 1800 g/mol. The summed E-state index contributed by atoms with van der Waals surface area (Å²) in [6.07, 6.45) is 0. The Bertz CT molecular complexity index is 3220. The molecule has 0 amide bonds. The first-order valence-electron chi connectivity index (χ1n) is 25.3. The SMILES string of the molecule is COC.Cc1cc([N+](=O)[O-])cc(C)c1Cl.Cc1cc([N+](=O)[O-])cc(C)c1Cl.Cc1ccc(N)c(C)c1Cl.Cc1ccc(O)c(C)c1Cl.Cc1ccc([N+](=O)[O-])c(C)c1Cl.Cc1ccc([N+](=O)[O-])c(C)c1Cl.Cc1cccc(C)c1Cl.I.II.O=[N+]([O-])O.OOOOSO. The summed E-state index contributed by atoms with van der Waals surface area (Å²) < 4.78 is 15.3. The van der Waals surface area contributed by atoms with Gasteiger partial charge >= 0.3 is 0 Å². The molecule has 7 aromatic carbocycles. The van der Waals surface area contributed by atoms with Crippen LogP contribution in [0.15, 0.2) is 91.0 Å². The third-order valence-electron chi connectivity index (χ3n) is 11.4. The van der Waals surface area contributed by atoms with Crippen LogP contribution in [0, 0.1) is 148 Å². The number of phenolic OH excluding ortho intramolecular Hbond substituents is 1. The van der Waals surface area contributed by atoms with Crippen LogP contribution in [0.2, 0.25) is 35.2 Å². The third kappa shape index (κ3) is 38.6. The topological polar surface area (TPSA) is 360 Å². The Labute approximate surface area is 618 Å². The lowest BCUT2D eigenvalue weighted by Gasteiger charge is -2.03. The van der Waals surface area contributed by atoms with E-state index in [1.54, 1.807) is 87.0 Å². The molecule has 0 aliphatic rings. The maximum Gasteiger partial charge on any atom is 0.291 e. The summed E-state index contributed by atoms with van der Waals surface area (Å²) in [5.41, 5.74) is 18.5. The number of aromatic hydroxyl groups is 1. The number of nitro groups is 4. The molecule has 0 aromatic heterocycles. The number of methoxy groups -OCH3 is 1. The molecule has 93 heavy (non-hydrogen) atoms. The second-order valence-electron chi connectivity index (χ2n) is 18.4. The molecule has 35 heteroatoms. The van der Waals surface area contributed by atoms with Crippen LogP contribution in [0.4, 0.5) is 28.4 Å². The molecule has 516 valence electrons. The van der Waals surface area contributed by atoms with Crippen LogP contribution in [-0.2, 0) is 19.1 Å². The Morgan fingerprint density at radius 2 is 0.699 bits per heavy atom. The fraction of sp³-hybridized carbons (Fsp3) is 0.276. The maximum atomic E-state index is 10.4. The molecule has 0 saturated heterocycles. The van der Waals surface area contributed by atoms with Gasteiger partial charge in [-0.05, 0) is 180 Å². The zero-order valence-electron chi connectivity index (χ0n) is 52.7. The molecule has 0 saturated carbocycles. The predicted molar refractivity (Wildman–Crippen MR) is 400 cm³/mol. The minimum Gasteiger partial charge on any atom is -0.508 e. The lowest BCUT2D eigenvalue weighted by molar-refractivity contribution is -0.742. The average Bonchev–Trinajstić information content (AvgIpc) is 1.21. The summed E-state index contributed by atoms with van der Waals surface area (Å²) in [5.74, 6) is 0.260. The minimum atomic E-state index is -1.50. The number of nitrogens with two attached hydrogens (primary N) is 1. The van der Waals surface area contributed by atoms with Crippen molar-refractivity contribution < 1.29 is 64.1 Å².